The van der Waals surface area contributed by atoms with Crippen molar-refractivity contribution in [3.63, 3.8) is 0 Å². The Labute approximate surface area is 185 Å². The third-order valence-electron chi connectivity index (χ3n) is 5.39. The number of ether oxygens (including phenoxy) is 2. The maximum Gasteiger partial charge on any atom is 0.295 e. The van der Waals surface area contributed by atoms with E-state index in [0.29, 0.717) is 17.1 Å². The molecule has 7 heteroatoms. The highest BCUT2D eigenvalue weighted by Gasteiger charge is 2.46. The van der Waals surface area contributed by atoms with E-state index in [0.717, 1.165) is 11.1 Å². The van der Waals surface area contributed by atoms with Crippen molar-refractivity contribution in [3.8, 4) is 11.5 Å². The Morgan fingerprint density at radius 3 is 2.41 bits per heavy atom. The van der Waals surface area contributed by atoms with Gasteiger partial charge in [0.25, 0.3) is 11.7 Å². The van der Waals surface area contributed by atoms with Crippen LogP contribution in [0.3, 0.4) is 0 Å². The van der Waals surface area contributed by atoms with Gasteiger partial charge in [0, 0.05) is 24.5 Å². The lowest BCUT2D eigenvalue weighted by molar-refractivity contribution is -0.140. The summed E-state index contributed by atoms with van der Waals surface area (Å²) >= 11 is 0. The quantitative estimate of drug-likeness (QED) is 0.364. The zero-order chi connectivity index (χ0) is 22.7. The van der Waals surface area contributed by atoms with E-state index in [9.17, 15) is 14.7 Å². The average molecular weight is 430 g/mol. The standard InChI is InChI=1S/C25H22N2O5/c1-31-19-11-10-18(13-20(19)32-2)23(28)21-22(17-8-4-3-5-9-17)27(25(30)24(21)29)15-16-7-6-12-26-14-16/h3-14,22,28H,15H2,1-2H3/b23-21+/t22-/m1/s1. The molecule has 1 atom stereocenters. The molecule has 0 spiro atoms. The summed E-state index contributed by atoms with van der Waals surface area (Å²) < 4.78 is 10.6. The Kier molecular flexibility index (Phi) is 5.89. The van der Waals surface area contributed by atoms with Gasteiger partial charge < -0.3 is 19.5 Å². The first-order chi connectivity index (χ1) is 15.5. The molecule has 162 valence electrons. The number of carbonyl (C=O) groups excluding carboxylic acids is 2. The van der Waals surface area contributed by atoms with Crippen molar-refractivity contribution < 1.29 is 24.2 Å². The number of amides is 1. The van der Waals surface area contributed by atoms with Gasteiger partial charge in [-0.2, -0.15) is 0 Å². The third kappa shape index (κ3) is 3.80. The molecule has 1 aliphatic heterocycles. The van der Waals surface area contributed by atoms with Gasteiger partial charge in [-0.15, -0.1) is 0 Å². The van der Waals surface area contributed by atoms with Crippen LogP contribution >= 0.6 is 0 Å². The lowest BCUT2D eigenvalue weighted by Crippen LogP contribution is -2.29. The minimum absolute atomic E-state index is 0.0253. The summed E-state index contributed by atoms with van der Waals surface area (Å²) in [4.78, 5) is 31.7. The summed E-state index contributed by atoms with van der Waals surface area (Å²) in [5, 5.41) is 11.2. The van der Waals surface area contributed by atoms with Gasteiger partial charge in [0.2, 0.25) is 0 Å². The molecule has 0 aliphatic carbocycles. The predicted octanol–water partition coefficient (Wildman–Crippen LogP) is 3.72. The van der Waals surface area contributed by atoms with Gasteiger partial charge in [0.05, 0.1) is 25.8 Å². The average Bonchev–Trinajstić information content (AvgIpc) is 3.09. The Bertz CT molecular complexity index is 1180. The molecular formula is C25H22N2O5. The highest BCUT2D eigenvalue weighted by atomic mass is 16.5. The van der Waals surface area contributed by atoms with E-state index >= 15 is 0 Å². The summed E-state index contributed by atoms with van der Waals surface area (Å²) in [5.74, 6) is -0.801. The number of Topliss-reactive ketones (excluding diaryl/α,β-unsaturated/α-hetero) is 1. The maximum absolute atomic E-state index is 13.1. The number of ketones is 1. The van der Waals surface area contributed by atoms with Crippen LogP contribution in [0.15, 0.2) is 78.6 Å². The number of aromatic nitrogens is 1. The van der Waals surface area contributed by atoms with Gasteiger partial charge in [-0.3, -0.25) is 14.6 Å². The number of hydrogen-bond acceptors (Lipinski definition) is 6. The van der Waals surface area contributed by atoms with Crippen molar-refractivity contribution in [2.75, 3.05) is 14.2 Å². The zero-order valence-corrected chi connectivity index (χ0v) is 17.7. The molecule has 4 rings (SSSR count). The first-order valence-corrected chi connectivity index (χ1v) is 9.99. The first-order valence-electron chi connectivity index (χ1n) is 9.99. The predicted molar refractivity (Wildman–Crippen MR) is 118 cm³/mol. The Morgan fingerprint density at radius 2 is 1.75 bits per heavy atom. The molecule has 0 unspecified atom stereocenters. The van der Waals surface area contributed by atoms with Crippen LogP contribution in [0.25, 0.3) is 5.76 Å². The minimum Gasteiger partial charge on any atom is -0.507 e. The van der Waals surface area contributed by atoms with Gasteiger partial charge >= 0.3 is 0 Å². The molecule has 0 saturated carbocycles. The Morgan fingerprint density at radius 1 is 1.00 bits per heavy atom. The molecule has 0 bridgehead atoms. The van der Waals surface area contributed by atoms with Crippen molar-refractivity contribution in [3.05, 3.63) is 95.3 Å². The highest BCUT2D eigenvalue weighted by Crippen LogP contribution is 2.41. The van der Waals surface area contributed by atoms with Crippen LogP contribution in [0, 0.1) is 0 Å². The van der Waals surface area contributed by atoms with E-state index in [1.54, 1.807) is 36.7 Å². The number of pyridine rings is 1. The molecule has 1 saturated heterocycles. The second-order valence-corrected chi connectivity index (χ2v) is 7.27. The van der Waals surface area contributed by atoms with Crippen LogP contribution in [0.4, 0.5) is 0 Å². The summed E-state index contributed by atoms with van der Waals surface area (Å²) in [5.41, 5.74) is 1.87. The summed E-state index contributed by atoms with van der Waals surface area (Å²) in [6, 6.07) is 16.9. The molecule has 32 heavy (non-hydrogen) atoms. The van der Waals surface area contributed by atoms with E-state index in [4.69, 9.17) is 9.47 Å². The molecular weight excluding hydrogens is 408 g/mol. The summed E-state index contributed by atoms with van der Waals surface area (Å²) in [6.07, 6.45) is 3.29. The van der Waals surface area contributed by atoms with Crippen molar-refractivity contribution in [1.82, 2.24) is 9.88 Å². The first kappa shape index (κ1) is 21.1. The van der Waals surface area contributed by atoms with E-state index in [-0.39, 0.29) is 17.9 Å². The minimum atomic E-state index is -0.746. The molecule has 1 amide bonds. The number of aliphatic hydroxyl groups excluding tert-OH is 1. The third-order valence-corrected chi connectivity index (χ3v) is 5.39. The second-order valence-electron chi connectivity index (χ2n) is 7.27. The molecule has 1 aliphatic rings. The van der Waals surface area contributed by atoms with E-state index in [1.807, 2.05) is 36.4 Å². The number of hydrogen-bond donors (Lipinski definition) is 1. The van der Waals surface area contributed by atoms with E-state index in [2.05, 4.69) is 4.98 Å². The SMILES string of the molecule is COc1ccc(/C(O)=C2\C(=O)C(=O)N(Cc3cccnc3)[C@@H]2c2ccccc2)cc1OC. The smallest absolute Gasteiger partial charge is 0.295 e. The zero-order valence-electron chi connectivity index (χ0n) is 17.7. The van der Waals surface area contributed by atoms with Crippen molar-refractivity contribution in [2.45, 2.75) is 12.6 Å². The molecule has 0 radical (unpaired) electrons. The topological polar surface area (TPSA) is 89.0 Å². The molecule has 2 heterocycles. The maximum atomic E-state index is 13.1. The van der Waals surface area contributed by atoms with Gasteiger partial charge in [-0.05, 0) is 35.4 Å². The fraction of sp³-hybridized carbons (Fsp3) is 0.160. The van der Waals surface area contributed by atoms with Crippen LogP contribution in [0.1, 0.15) is 22.7 Å². The molecule has 2 aromatic carbocycles. The number of aliphatic hydroxyl groups is 1. The lowest BCUT2D eigenvalue weighted by atomic mass is 9.95. The largest absolute Gasteiger partial charge is 0.507 e. The van der Waals surface area contributed by atoms with Crippen LogP contribution in [-0.2, 0) is 16.1 Å². The number of benzene rings is 2. The normalized spacial score (nSPS) is 17.4. The number of methoxy groups -OCH3 is 2. The fourth-order valence-corrected chi connectivity index (χ4v) is 3.85. The van der Waals surface area contributed by atoms with Crippen LogP contribution in [0.5, 0.6) is 11.5 Å². The second kappa shape index (κ2) is 8.93. The van der Waals surface area contributed by atoms with E-state index in [1.165, 1.54) is 19.1 Å². The van der Waals surface area contributed by atoms with Crippen LogP contribution in [-0.4, -0.2) is 40.9 Å². The van der Waals surface area contributed by atoms with Crippen molar-refractivity contribution in [2.24, 2.45) is 0 Å². The number of carbonyl (C=O) groups is 2. The molecule has 3 aromatic rings. The summed E-state index contributed by atoms with van der Waals surface area (Å²) in [6.45, 7) is 0.181. The van der Waals surface area contributed by atoms with Gasteiger partial charge in [0.1, 0.15) is 5.76 Å². The fourth-order valence-electron chi connectivity index (χ4n) is 3.85. The molecule has 7 nitrogen and oxygen atoms in total. The van der Waals surface area contributed by atoms with E-state index < -0.39 is 17.7 Å². The number of likely N-dealkylation sites (tertiary alicyclic amines) is 1. The Balaban J connectivity index is 1.85. The van der Waals surface area contributed by atoms with Crippen molar-refractivity contribution >= 4 is 17.4 Å². The van der Waals surface area contributed by atoms with Crippen LogP contribution < -0.4 is 9.47 Å². The molecule has 1 fully saturated rings. The van der Waals surface area contributed by atoms with Gasteiger partial charge in [0.15, 0.2) is 11.5 Å². The van der Waals surface area contributed by atoms with Crippen LogP contribution in [0.2, 0.25) is 0 Å². The molecule has 1 N–H and O–H groups in total. The Hall–Kier alpha value is -4.13. The number of rotatable bonds is 6. The number of nitrogens with zero attached hydrogens (tertiary/aromatic N) is 2. The molecule has 1 aromatic heterocycles. The van der Waals surface area contributed by atoms with Crippen molar-refractivity contribution in [1.29, 1.82) is 0 Å². The van der Waals surface area contributed by atoms with Gasteiger partial charge in [-0.1, -0.05) is 36.4 Å². The summed E-state index contributed by atoms with van der Waals surface area (Å²) in [7, 11) is 3.00. The lowest BCUT2D eigenvalue weighted by Gasteiger charge is -2.25. The monoisotopic (exact) mass is 430 g/mol. The van der Waals surface area contributed by atoms with Gasteiger partial charge in [-0.25, -0.2) is 0 Å². The highest BCUT2D eigenvalue weighted by molar-refractivity contribution is 6.46.